The average molecular weight is 287 g/mol. The lowest BCUT2D eigenvalue weighted by Crippen LogP contribution is -2.46. The van der Waals surface area contributed by atoms with E-state index in [-0.39, 0.29) is 17.9 Å². The van der Waals surface area contributed by atoms with E-state index in [9.17, 15) is 13.9 Å². The molecule has 0 aromatic heterocycles. The summed E-state index contributed by atoms with van der Waals surface area (Å²) in [5, 5.41) is 12.7. The van der Waals surface area contributed by atoms with Gasteiger partial charge in [-0.25, -0.2) is 8.78 Å². The largest absolute Gasteiger partial charge is 0.491 e. The molecule has 2 N–H and O–H groups in total. The summed E-state index contributed by atoms with van der Waals surface area (Å²) in [7, 11) is 0. The van der Waals surface area contributed by atoms with Crippen molar-refractivity contribution in [2.24, 2.45) is 0 Å². The van der Waals surface area contributed by atoms with E-state index in [1.807, 2.05) is 6.92 Å². The van der Waals surface area contributed by atoms with E-state index in [0.29, 0.717) is 19.4 Å². The van der Waals surface area contributed by atoms with Gasteiger partial charge in [-0.1, -0.05) is 6.92 Å². The lowest BCUT2D eigenvalue weighted by atomic mass is 9.97. The predicted octanol–water partition coefficient (Wildman–Crippen LogP) is 2.87. The lowest BCUT2D eigenvalue weighted by molar-refractivity contribution is 0.155. The predicted molar refractivity (Wildman–Crippen MR) is 74.9 cm³/mol. The molecule has 0 aliphatic rings. The molecule has 114 valence electrons. The summed E-state index contributed by atoms with van der Waals surface area (Å²) < 4.78 is 31.3. The maximum Gasteiger partial charge on any atom is 0.167 e. The maximum absolute atomic E-state index is 13.3. The van der Waals surface area contributed by atoms with E-state index in [2.05, 4.69) is 12.2 Å². The number of ether oxygens (including phenoxy) is 1. The highest BCUT2D eigenvalue weighted by molar-refractivity contribution is 5.24. The summed E-state index contributed by atoms with van der Waals surface area (Å²) in [6.07, 6.45) is 2.38. The Labute approximate surface area is 119 Å². The van der Waals surface area contributed by atoms with Gasteiger partial charge in [-0.05, 0) is 44.9 Å². The normalized spacial score (nSPS) is 14.1. The van der Waals surface area contributed by atoms with Gasteiger partial charge in [-0.2, -0.15) is 0 Å². The van der Waals surface area contributed by atoms with Crippen LogP contribution in [0.5, 0.6) is 5.75 Å². The van der Waals surface area contributed by atoms with Crippen LogP contribution in [0, 0.1) is 11.6 Å². The molecule has 0 aliphatic heterocycles. The van der Waals surface area contributed by atoms with Gasteiger partial charge in [0.05, 0.1) is 13.2 Å². The molecule has 1 aromatic carbocycles. The molecule has 0 saturated heterocycles. The van der Waals surface area contributed by atoms with Crippen molar-refractivity contribution in [3.05, 3.63) is 29.8 Å². The highest BCUT2D eigenvalue weighted by Gasteiger charge is 2.21. The quantitative estimate of drug-likeness (QED) is 0.686. The van der Waals surface area contributed by atoms with Crippen LogP contribution in [0.15, 0.2) is 18.2 Å². The zero-order valence-electron chi connectivity index (χ0n) is 12.1. The standard InChI is InChI=1S/C15H23F2NO2/c1-3-8-18-15(2,11-19)7-4-9-20-14-6-5-12(16)10-13(14)17/h5-6,10,18-19H,3-4,7-9,11H2,1-2H3. The first-order chi connectivity index (χ1) is 9.50. The third-order valence-corrected chi connectivity index (χ3v) is 3.18. The Bertz CT molecular complexity index is 415. The van der Waals surface area contributed by atoms with Crippen LogP contribution in [0.1, 0.15) is 33.1 Å². The maximum atomic E-state index is 13.3. The third-order valence-electron chi connectivity index (χ3n) is 3.18. The molecule has 0 spiro atoms. The molecule has 1 atom stereocenters. The zero-order chi connectivity index (χ0) is 15.0. The Morgan fingerprint density at radius 2 is 2.10 bits per heavy atom. The second-order valence-electron chi connectivity index (χ2n) is 5.17. The average Bonchev–Trinajstić information content (AvgIpc) is 2.43. The van der Waals surface area contributed by atoms with E-state index in [0.717, 1.165) is 19.0 Å². The molecule has 0 bridgehead atoms. The molecule has 0 amide bonds. The van der Waals surface area contributed by atoms with E-state index in [1.165, 1.54) is 12.1 Å². The number of nitrogens with one attached hydrogen (secondary N) is 1. The van der Waals surface area contributed by atoms with Crippen LogP contribution in [0.25, 0.3) is 0 Å². The Kier molecular flexibility index (Phi) is 6.88. The highest BCUT2D eigenvalue weighted by atomic mass is 19.1. The van der Waals surface area contributed by atoms with Gasteiger partial charge in [0.25, 0.3) is 0 Å². The third kappa shape index (κ3) is 5.43. The molecular formula is C15H23F2NO2. The number of aliphatic hydroxyl groups is 1. The number of rotatable bonds is 9. The minimum Gasteiger partial charge on any atom is -0.491 e. The smallest absolute Gasteiger partial charge is 0.167 e. The minimum atomic E-state index is -0.695. The fraction of sp³-hybridized carbons (Fsp3) is 0.600. The van der Waals surface area contributed by atoms with Crippen LogP contribution in [0.3, 0.4) is 0 Å². The van der Waals surface area contributed by atoms with Crippen molar-refractivity contribution in [1.82, 2.24) is 5.32 Å². The second-order valence-corrected chi connectivity index (χ2v) is 5.17. The van der Waals surface area contributed by atoms with Crippen LogP contribution in [0.4, 0.5) is 8.78 Å². The van der Waals surface area contributed by atoms with Gasteiger partial charge in [-0.3, -0.25) is 0 Å². The molecular weight excluding hydrogens is 264 g/mol. The van der Waals surface area contributed by atoms with Crippen molar-refractivity contribution >= 4 is 0 Å². The zero-order valence-corrected chi connectivity index (χ0v) is 12.1. The Hall–Kier alpha value is -1.20. The van der Waals surface area contributed by atoms with Gasteiger partial charge in [0.2, 0.25) is 0 Å². The van der Waals surface area contributed by atoms with Crippen LogP contribution in [-0.2, 0) is 0 Å². The first-order valence-electron chi connectivity index (χ1n) is 6.94. The van der Waals surface area contributed by atoms with Crippen LogP contribution >= 0.6 is 0 Å². The second kappa shape index (κ2) is 8.17. The monoisotopic (exact) mass is 287 g/mol. The van der Waals surface area contributed by atoms with E-state index in [4.69, 9.17) is 4.74 Å². The number of hydrogen-bond acceptors (Lipinski definition) is 3. The van der Waals surface area contributed by atoms with E-state index in [1.54, 1.807) is 0 Å². The summed E-state index contributed by atoms with van der Waals surface area (Å²) in [6.45, 7) is 5.21. The Balaban J connectivity index is 2.36. The minimum absolute atomic E-state index is 0.0396. The SMILES string of the molecule is CCCNC(C)(CO)CCCOc1ccc(F)cc1F. The van der Waals surface area contributed by atoms with Crippen molar-refractivity contribution in [3.63, 3.8) is 0 Å². The van der Waals surface area contributed by atoms with Gasteiger partial charge in [-0.15, -0.1) is 0 Å². The molecule has 0 saturated carbocycles. The Morgan fingerprint density at radius 3 is 2.70 bits per heavy atom. The molecule has 1 unspecified atom stereocenters. The van der Waals surface area contributed by atoms with Crippen molar-refractivity contribution in [1.29, 1.82) is 0 Å². The molecule has 3 nitrogen and oxygen atoms in total. The number of halogens is 2. The van der Waals surface area contributed by atoms with E-state index < -0.39 is 11.6 Å². The molecule has 5 heteroatoms. The van der Waals surface area contributed by atoms with Crippen molar-refractivity contribution in [2.75, 3.05) is 19.8 Å². The van der Waals surface area contributed by atoms with Crippen molar-refractivity contribution in [3.8, 4) is 5.75 Å². The number of hydrogen-bond donors (Lipinski definition) is 2. The first kappa shape index (κ1) is 16.9. The van der Waals surface area contributed by atoms with E-state index >= 15 is 0 Å². The molecule has 0 radical (unpaired) electrons. The molecule has 1 aromatic rings. The summed E-state index contributed by atoms with van der Waals surface area (Å²) in [6, 6.07) is 3.25. The summed E-state index contributed by atoms with van der Waals surface area (Å²) >= 11 is 0. The summed E-state index contributed by atoms with van der Waals surface area (Å²) in [4.78, 5) is 0. The fourth-order valence-corrected chi connectivity index (χ4v) is 1.89. The topological polar surface area (TPSA) is 41.5 Å². The number of aliphatic hydroxyl groups excluding tert-OH is 1. The molecule has 0 aliphatic carbocycles. The van der Waals surface area contributed by atoms with Crippen molar-refractivity contribution in [2.45, 2.75) is 38.6 Å². The number of benzene rings is 1. The van der Waals surface area contributed by atoms with Crippen LogP contribution < -0.4 is 10.1 Å². The van der Waals surface area contributed by atoms with Gasteiger partial charge in [0.1, 0.15) is 5.82 Å². The van der Waals surface area contributed by atoms with Gasteiger partial charge < -0.3 is 15.2 Å². The van der Waals surface area contributed by atoms with Crippen LogP contribution in [-0.4, -0.2) is 30.4 Å². The van der Waals surface area contributed by atoms with Gasteiger partial charge >= 0.3 is 0 Å². The van der Waals surface area contributed by atoms with Gasteiger partial charge in [0, 0.05) is 11.6 Å². The molecule has 0 heterocycles. The highest BCUT2D eigenvalue weighted by Crippen LogP contribution is 2.19. The van der Waals surface area contributed by atoms with Crippen molar-refractivity contribution < 1.29 is 18.6 Å². The van der Waals surface area contributed by atoms with Gasteiger partial charge in [0.15, 0.2) is 11.6 Å². The Morgan fingerprint density at radius 1 is 1.35 bits per heavy atom. The lowest BCUT2D eigenvalue weighted by Gasteiger charge is -2.28. The molecule has 20 heavy (non-hydrogen) atoms. The molecule has 1 rings (SSSR count). The first-order valence-corrected chi connectivity index (χ1v) is 6.94. The fourth-order valence-electron chi connectivity index (χ4n) is 1.89. The summed E-state index contributed by atoms with van der Waals surface area (Å²) in [5.74, 6) is -1.26. The summed E-state index contributed by atoms with van der Waals surface area (Å²) in [5.41, 5.74) is -0.347. The van der Waals surface area contributed by atoms with Crippen LogP contribution in [0.2, 0.25) is 0 Å². The molecule has 0 fully saturated rings.